The molecule has 1 amide bonds. The smallest absolute Gasteiger partial charge is 0.272 e. The van der Waals surface area contributed by atoms with E-state index in [-0.39, 0.29) is 16.4 Å². The average molecular weight is 472 g/mol. The summed E-state index contributed by atoms with van der Waals surface area (Å²) in [5.41, 5.74) is 2.62. The summed E-state index contributed by atoms with van der Waals surface area (Å²) >= 11 is 0. The molecule has 176 valence electrons. The Kier molecular flexibility index (Phi) is 6.71. The molecular formula is C24H29N3O5S. The molecule has 9 heteroatoms. The number of nitrogens with one attached hydrogen (secondary N) is 2. The molecule has 0 fully saturated rings. The third-order valence-corrected chi connectivity index (χ3v) is 8.09. The van der Waals surface area contributed by atoms with E-state index in [4.69, 9.17) is 4.74 Å². The van der Waals surface area contributed by atoms with Crippen LogP contribution in [0.3, 0.4) is 0 Å². The zero-order chi connectivity index (χ0) is 23.6. The second kappa shape index (κ2) is 9.52. The Balaban J connectivity index is 1.65. The maximum absolute atomic E-state index is 13.2. The number of aromatic amines is 1. The molecule has 2 N–H and O–H groups in total. The first-order chi connectivity index (χ1) is 15.8. The first-order valence-electron chi connectivity index (χ1n) is 11.2. The number of aromatic nitrogens is 1. The van der Waals surface area contributed by atoms with Crippen molar-refractivity contribution in [3.63, 3.8) is 0 Å². The highest BCUT2D eigenvalue weighted by atomic mass is 32.2. The van der Waals surface area contributed by atoms with Gasteiger partial charge in [0.25, 0.3) is 5.91 Å². The van der Waals surface area contributed by atoms with E-state index < -0.39 is 15.9 Å². The number of Topliss-reactive ketones (excluding diaryl/α,β-unsaturated/α-hetero) is 1. The minimum atomic E-state index is -3.72. The van der Waals surface area contributed by atoms with Crippen LogP contribution in [0.1, 0.15) is 64.2 Å². The molecule has 1 aromatic heterocycles. The molecule has 2 aliphatic rings. The number of aryl methyl sites for hydroxylation is 1. The molecule has 2 heterocycles. The number of hydrogen-bond donors (Lipinski definition) is 2. The van der Waals surface area contributed by atoms with Gasteiger partial charge in [-0.25, -0.2) is 8.42 Å². The highest BCUT2D eigenvalue weighted by molar-refractivity contribution is 7.89. The highest BCUT2D eigenvalue weighted by Gasteiger charge is 2.28. The van der Waals surface area contributed by atoms with Crippen LogP contribution in [0.25, 0.3) is 0 Å². The van der Waals surface area contributed by atoms with E-state index in [1.54, 1.807) is 13.0 Å². The standard InChI is InChI=1S/C24H29N3O5S/c1-16-22-18(9-5-6-10-20(22)28)23(25-16)24(29)26-19-15-17(11-12-21(19)32-2)33(30,31)27-13-7-3-4-8-14-27/h3-4,11-12,15,25H,5-10,13-14H2,1-2H3,(H,26,29). The van der Waals surface area contributed by atoms with Gasteiger partial charge in [0.1, 0.15) is 11.4 Å². The maximum Gasteiger partial charge on any atom is 0.272 e. The van der Waals surface area contributed by atoms with Crippen molar-refractivity contribution < 1.29 is 22.7 Å². The summed E-state index contributed by atoms with van der Waals surface area (Å²) in [6.45, 7) is 2.62. The van der Waals surface area contributed by atoms with Crippen molar-refractivity contribution in [3.05, 3.63) is 52.9 Å². The Morgan fingerprint density at radius 1 is 1.12 bits per heavy atom. The van der Waals surface area contributed by atoms with Gasteiger partial charge in [-0.3, -0.25) is 9.59 Å². The number of anilines is 1. The van der Waals surface area contributed by atoms with Crippen molar-refractivity contribution >= 4 is 27.4 Å². The lowest BCUT2D eigenvalue weighted by atomic mass is 10.0. The Morgan fingerprint density at radius 2 is 1.82 bits per heavy atom. The number of rotatable bonds is 5. The quantitative estimate of drug-likeness (QED) is 0.509. The predicted molar refractivity (Wildman–Crippen MR) is 125 cm³/mol. The molecule has 0 atom stereocenters. The van der Waals surface area contributed by atoms with Crippen LogP contribution in [0.2, 0.25) is 0 Å². The van der Waals surface area contributed by atoms with Crippen molar-refractivity contribution in [2.75, 3.05) is 25.5 Å². The van der Waals surface area contributed by atoms with E-state index in [0.717, 1.165) is 18.4 Å². The minimum absolute atomic E-state index is 0.0490. The number of sulfonamides is 1. The van der Waals surface area contributed by atoms with Gasteiger partial charge < -0.3 is 15.0 Å². The van der Waals surface area contributed by atoms with Gasteiger partial charge in [-0.2, -0.15) is 4.31 Å². The van der Waals surface area contributed by atoms with Gasteiger partial charge in [-0.1, -0.05) is 12.2 Å². The first-order valence-corrected chi connectivity index (χ1v) is 12.7. The van der Waals surface area contributed by atoms with Crippen LogP contribution >= 0.6 is 0 Å². The highest BCUT2D eigenvalue weighted by Crippen LogP contribution is 2.32. The summed E-state index contributed by atoms with van der Waals surface area (Å²) in [6.07, 6.45) is 8.05. The van der Waals surface area contributed by atoms with E-state index in [1.165, 1.54) is 23.5 Å². The number of carbonyl (C=O) groups excluding carboxylic acids is 2. The summed E-state index contributed by atoms with van der Waals surface area (Å²) < 4.78 is 33.3. The van der Waals surface area contributed by atoms with Crippen LogP contribution in [0.4, 0.5) is 5.69 Å². The lowest BCUT2D eigenvalue weighted by Gasteiger charge is -2.21. The fraction of sp³-hybridized carbons (Fsp3) is 0.417. The second-order valence-corrected chi connectivity index (χ2v) is 10.3. The van der Waals surface area contributed by atoms with Gasteiger partial charge in [-0.05, 0) is 62.8 Å². The number of hydrogen-bond acceptors (Lipinski definition) is 5. The summed E-state index contributed by atoms with van der Waals surface area (Å²) in [4.78, 5) is 28.9. The fourth-order valence-corrected chi connectivity index (χ4v) is 6.01. The van der Waals surface area contributed by atoms with Crippen LogP contribution in [-0.4, -0.2) is 49.6 Å². The van der Waals surface area contributed by atoms with E-state index in [0.29, 0.717) is 61.5 Å². The Bertz CT molecular complexity index is 1200. The number of ether oxygens (including phenoxy) is 1. The molecule has 0 unspecified atom stereocenters. The topological polar surface area (TPSA) is 109 Å². The molecule has 1 aliphatic heterocycles. The summed E-state index contributed by atoms with van der Waals surface area (Å²) in [7, 11) is -2.26. The minimum Gasteiger partial charge on any atom is -0.495 e. The fourth-order valence-electron chi connectivity index (χ4n) is 4.51. The summed E-state index contributed by atoms with van der Waals surface area (Å²) in [6, 6.07) is 4.47. The summed E-state index contributed by atoms with van der Waals surface area (Å²) in [5, 5.41) is 2.80. The van der Waals surface area contributed by atoms with Crippen molar-refractivity contribution in [3.8, 4) is 5.75 Å². The van der Waals surface area contributed by atoms with Gasteiger partial charge in [0.15, 0.2) is 5.78 Å². The third kappa shape index (κ3) is 4.60. The largest absolute Gasteiger partial charge is 0.495 e. The predicted octanol–water partition coefficient (Wildman–Crippen LogP) is 3.83. The maximum atomic E-state index is 13.2. The third-order valence-electron chi connectivity index (χ3n) is 6.19. The number of ketones is 1. The number of benzene rings is 1. The number of amides is 1. The van der Waals surface area contributed by atoms with Crippen molar-refractivity contribution in [2.24, 2.45) is 0 Å². The van der Waals surface area contributed by atoms with Crippen molar-refractivity contribution in [1.29, 1.82) is 0 Å². The van der Waals surface area contributed by atoms with Gasteiger partial charge in [0, 0.05) is 30.8 Å². The molecule has 0 saturated heterocycles. The van der Waals surface area contributed by atoms with E-state index in [2.05, 4.69) is 10.3 Å². The van der Waals surface area contributed by atoms with Gasteiger partial charge >= 0.3 is 0 Å². The van der Waals surface area contributed by atoms with E-state index in [1.807, 2.05) is 12.2 Å². The van der Waals surface area contributed by atoms with E-state index in [9.17, 15) is 18.0 Å². The SMILES string of the molecule is COc1ccc(S(=O)(=O)N2CCC=CCC2)cc1NC(=O)c1[nH]c(C)c2c1CCCCC2=O. The summed E-state index contributed by atoms with van der Waals surface area (Å²) in [5.74, 6) is -0.0286. The Hall–Kier alpha value is -2.91. The molecule has 0 saturated carbocycles. The van der Waals surface area contributed by atoms with Crippen molar-refractivity contribution in [2.45, 2.75) is 50.3 Å². The molecule has 0 radical (unpaired) electrons. The Morgan fingerprint density at radius 3 is 2.52 bits per heavy atom. The van der Waals surface area contributed by atoms with Crippen LogP contribution in [-0.2, 0) is 16.4 Å². The first kappa shape index (κ1) is 23.3. The normalized spacial score (nSPS) is 17.2. The number of carbonyl (C=O) groups is 2. The molecule has 1 aromatic carbocycles. The monoisotopic (exact) mass is 471 g/mol. The Labute approximate surface area is 194 Å². The zero-order valence-electron chi connectivity index (χ0n) is 18.9. The zero-order valence-corrected chi connectivity index (χ0v) is 19.8. The molecule has 33 heavy (non-hydrogen) atoms. The van der Waals surface area contributed by atoms with Crippen LogP contribution in [0, 0.1) is 6.92 Å². The second-order valence-electron chi connectivity index (χ2n) is 8.38. The number of fused-ring (bicyclic) bond motifs is 1. The molecule has 2 aromatic rings. The molecule has 1 aliphatic carbocycles. The van der Waals surface area contributed by atoms with Crippen LogP contribution < -0.4 is 10.1 Å². The van der Waals surface area contributed by atoms with Gasteiger partial charge in [0.2, 0.25) is 10.0 Å². The van der Waals surface area contributed by atoms with Crippen LogP contribution in [0.5, 0.6) is 5.75 Å². The molecule has 0 bridgehead atoms. The van der Waals surface area contributed by atoms with Crippen LogP contribution in [0.15, 0.2) is 35.2 Å². The lowest BCUT2D eigenvalue weighted by molar-refractivity contribution is 0.0980. The molecule has 4 rings (SSSR count). The number of H-pyrrole nitrogens is 1. The molecule has 0 spiro atoms. The number of methoxy groups -OCH3 is 1. The van der Waals surface area contributed by atoms with E-state index >= 15 is 0 Å². The average Bonchev–Trinajstić information content (AvgIpc) is 2.99. The van der Waals surface area contributed by atoms with Crippen molar-refractivity contribution in [1.82, 2.24) is 9.29 Å². The molecular weight excluding hydrogens is 442 g/mol. The number of nitrogens with zero attached hydrogens (tertiary/aromatic N) is 1. The lowest BCUT2D eigenvalue weighted by Crippen LogP contribution is -2.32. The van der Waals surface area contributed by atoms with Gasteiger partial charge in [0.05, 0.1) is 17.7 Å². The molecule has 8 nitrogen and oxygen atoms in total. The van der Waals surface area contributed by atoms with Gasteiger partial charge in [-0.15, -0.1) is 0 Å².